The van der Waals surface area contributed by atoms with Crippen molar-refractivity contribution in [2.24, 2.45) is 0 Å². The summed E-state index contributed by atoms with van der Waals surface area (Å²) in [4.78, 5) is 3.91. The van der Waals surface area contributed by atoms with E-state index in [0.717, 1.165) is 11.1 Å². The van der Waals surface area contributed by atoms with Crippen molar-refractivity contribution in [3.05, 3.63) is 27.5 Å². The minimum absolute atomic E-state index is 0.392. The molecule has 13 heavy (non-hydrogen) atoms. The monoisotopic (exact) mass is 214 g/mol. The van der Waals surface area contributed by atoms with E-state index in [0.29, 0.717) is 23.1 Å². The molecule has 0 radical (unpaired) electrons. The lowest BCUT2D eigenvalue weighted by molar-refractivity contribution is 0.980. The van der Waals surface area contributed by atoms with Crippen LogP contribution in [0.2, 0.25) is 10.3 Å². The van der Waals surface area contributed by atoms with Gasteiger partial charge in [0.15, 0.2) is 0 Å². The molecule has 0 aromatic carbocycles. The standard InChI is InChI=1S/C9H8Cl2N2/c1-6-5-8(10)13-9(11)7(6)3-2-4-12/h5H,2-3H2,1H3. The van der Waals surface area contributed by atoms with Crippen LogP contribution >= 0.6 is 23.2 Å². The highest BCUT2D eigenvalue weighted by Crippen LogP contribution is 2.22. The van der Waals surface area contributed by atoms with Gasteiger partial charge in [-0.1, -0.05) is 23.2 Å². The van der Waals surface area contributed by atoms with Gasteiger partial charge < -0.3 is 0 Å². The Morgan fingerprint density at radius 3 is 2.77 bits per heavy atom. The zero-order valence-electron chi connectivity index (χ0n) is 7.14. The summed E-state index contributed by atoms with van der Waals surface area (Å²) in [5, 5.41) is 9.22. The van der Waals surface area contributed by atoms with E-state index in [4.69, 9.17) is 28.5 Å². The van der Waals surface area contributed by atoms with Gasteiger partial charge in [0.25, 0.3) is 0 Å². The first-order valence-corrected chi connectivity index (χ1v) is 4.59. The molecule has 0 amide bonds. The van der Waals surface area contributed by atoms with Crippen molar-refractivity contribution in [2.45, 2.75) is 19.8 Å². The van der Waals surface area contributed by atoms with E-state index in [9.17, 15) is 0 Å². The highest BCUT2D eigenvalue weighted by atomic mass is 35.5. The molecule has 0 unspecified atom stereocenters. The van der Waals surface area contributed by atoms with Crippen molar-refractivity contribution in [3.8, 4) is 6.07 Å². The Labute approximate surface area is 87.1 Å². The van der Waals surface area contributed by atoms with Gasteiger partial charge in [-0.15, -0.1) is 0 Å². The minimum atomic E-state index is 0.392. The Hall–Kier alpha value is -0.780. The van der Waals surface area contributed by atoms with Crippen LogP contribution in [0.15, 0.2) is 6.07 Å². The van der Waals surface area contributed by atoms with E-state index in [2.05, 4.69) is 11.1 Å². The van der Waals surface area contributed by atoms with Crippen LogP contribution in [0.25, 0.3) is 0 Å². The van der Waals surface area contributed by atoms with E-state index in [-0.39, 0.29) is 0 Å². The van der Waals surface area contributed by atoms with Crippen molar-refractivity contribution in [2.75, 3.05) is 0 Å². The van der Waals surface area contributed by atoms with Crippen LogP contribution in [0.1, 0.15) is 17.5 Å². The van der Waals surface area contributed by atoms with E-state index in [1.165, 1.54) is 0 Å². The van der Waals surface area contributed by atoms with Crippen molar-refractivity contribution in [1.29, 1.82) is 5.26 Å². The highest BCUT2D eigenvalue weighted by molar-refractivity contribution is 6.33. The zero-order chi connectivity index (χ0) is 9.84. The SMILES string of the molecule is Cc1cc(Cl)nc(Cl)c1CCC#N. The largest absolute Gasteiger partial charge is 0.224 e. The summed E-state index contributed by atoms with van der Waals surface area (Å²) in [5.74, 6) is 0. The lowest BCUT2D eigenvalue weighted by Gasteiger charge is -2.05. The maximum atomic E-state index is 8.42. The molecule has 0 aliphatic carbocycles. The number of rotatable bonds is 2. The number of aromatic nitrogens is 1. The second-order valence-electron chi connectivity index (χ2n) is 2.69. The Kier molecular flexibility index (Phi) is 3.53. The highest BCUT2D eigenvalue weighted by Gasteiger charge is 2.06. The van der Waals surface area contributed by atoms with Gasteiger partial charge in [-0.2, -0.15) is 5.26 Å². The first-order chi connectivity index (χ1) is 6.15. The number of pyridine rings is 1. The number of nitriles is 1. The summed E-state index contributed by atoms with van der Waals surface area (Å²) >= 11 is 11.6. The van der Waals surface area contributed by atoms with Crippen LogP contribution in [0, 0.1) is 18.3 Å². The third-order valence-electron chi connectivity index (χ3n) is 1.75. The normalized spacial score (nSPS) is 9.69. The molecule has 68 valence electrons. The molecule has 2 nitrogen and oxygen atoms in total. The molecule has 0 bridgehead atoms. The van der Waals surface area contributed by atoms with Crippen molar-refractivity contribution in [3.63, 3.8) is 0 Å². The predicted octanol–water partition coefficient (Wildman–Crippen LogP) is 3.15. The summed E-state index contributed by atoms with van der Waals surface area (Å²) in [6.07, 6.45) is 1.08. The topological polar surface area (TPSA) is 36.7 Å². The Morgan fingerprint density at radius 2 is 2.23 bits per heavy atom. The van der Waals surface area contributed by atoms with Crippen LogP contribution in [-0.2, 0) is 6.42 Å². The van der Waals surface area contributed by atoms with E-state index < -0.39 is 0 Å². The number of nitrogens with zero attached hydrogens (tertiary/aromatic N) is 2. The molecule has 1 heterocycles. The summed E-state index contributed by atoms with van der Waals surface area (Å²) < 4.78 is 0. The first-order valence-electron chi connectivity index (χ1n) is 3.83. The fourth-order valence-corrected chi connectivity index (χ4v) is 1.73. The molecule has 0 saturated carbocycles. The second kappa shape index (κ2) is 4.45. The molecule has 0 N–H and O–H groups in total. The second-order valence-corrected chi connectivity index (χ2v) is 3.43. The summed E-state index contributed by atoms with van der Waals surface area (Å²) in [7, 11) is 0. The number of halogens is 2. The van der Waals surface area contributed by atoms with Gasteiger partial charge in [0.2, 0.25) is 0 Å². The molecular formula is C9H8Cl2N2. The molecule has 0 spiro atoms. The maximum Gasteiger partial charge on any atom is 0.134 e. The van der Waals surface area contributed by atoms with Gasteiger partial charge in [0.05, 0.1) is 6.07 Å². The minimum Gasteiger partial charge on any atom is -0.224 e. The van der Waals surface area contributed by atoms with Gasteiger partial charge in [0.1, 0.15) is 10.3 Å². The molecule has 0 aliphatic rings. The van der Waals surface area contributed by atoms with Crippen LogP contribution < -0.4 is 0 Å². The molecule has 0 atom stereocenters. The summed E-state index contributed by atoms with van der Waals surface area (Å²) in [5.41, 5.74) is 1.90. The van der Waals surface area contributed by atoms with Crippen molar-refractivity contribution in [1.82, 2.24) is 4.98 Å². The zero-order valence-corrected chi connectivity index (χ0v) is 8.65. The van der Waals surface area contributed by atoms with Crippen LogP contribution in [-0.4, -0.2) is 4.98 Å². The van der Waals surface area contributed by atoms with Gasteiger partial charge in [-0.25, -0.2) is 4.98 Å². The van der Waals surface area contributed by atoms with Gasteiger partial charge >= 0.3 is 0 Å². The predicted molar refractivity (Wildman–Crippen MR) is 52.9 cm³/mol. The molecule has 0 aliphatic heterocycles. The summed E-state index contributed by atoms with van der Waals surface area (Å²) in [6, 6.07) is 3.82. The molecule has 1 rings (SSSR count). The average Bonchev–Trinajstić information content (AvgIpc) is 2.02. The van der Waals surface area contributed by atoms with Gasteiger partial charge in [0, 0.05) is 6.42 Å². The van der Waals surface area contributed by atoms with E-state index in [1.54, 1.807) is 6.07 Å². The lowest BCUT2D eigenvalue weighted by atomic mass is 10.1. The van der Waals surface area contributed by atoms with Crippen molar-refractivity contribution >= 4 is 23.2 Å². The fraction of sp³-hybridized carbons (Fsp3) is 0.333. The molecule has 1 aromatic rings. The quantitative estimate of drug-likeness (QED) is 0.710. The summed E-state index contributed by atoms with van der Waals surface area (Å²) in [6.45, 7) is 1.91. The van der Waals surface area contributed by atoms with Gasteiger partial charge in [-0.05, 0) is 30.5 Å². The lowest BCUT2D eigenvalue weighted by Crippen LogP contribution is -1.93. The fourth-order valence-electron chi connectivity index (χ4n) is 1.10. The third-order valence-corrected chi connectivity index (χ3v) is 2.26. The van der Waals surface area contributed by atoms with Crippen LogP contribution in [0.5, 0.6) is 0 Å². The van der Waals surface area contributed by atoms with Gasteiger partial charge in [-0.3, -0.25) is 0 Å². The van der Waals surface area contributed by atoms with E-state index >= 15 is 0 Å². The number of aryl methyl sites for hydroxylation is 1. The number of hydrogen-bond acceptors (Lipinski definition) is 2. The molecular weight excluding hydrogens is 207 g/mol. The molecule has 0 fully saturated rings. The van der Waals surface area contributed by atoms with Crippen LogP contribution in [0.3, 0.4) is 0 Å². The maximum absolute atomic E-state index is 8.42. The molecule has 4 heteroatoms. The van der Waals surface area contributed by atoms with Crippen LogP contribution in [0.4, 0.5) is 0 Å². The number of hydrogen-bond donors (Lipinski definition) is 0. The van der Waals surface area contributed by atoms with Crippen molar-refractivity contribution < 1.29 is 0 Å². The Bertz CT molecular complexity index is 332. The third kappa shape index (κ3) is 2.58. The van der Waals surface area contributed by atoms with E-state index in [1.807, 2.05) is 6.92 Å². The average molecular weight is 215 g/mol. The molecule has 1 aromatic heterocycles. The Morgan fingerprint density at radius 1 is 1.54 bits per heavy atom. The first kappa shape index (κ1) is 10.3. The Balaban J connectivity index is 3.00. The molecule has 0 saturated heterocycles. The smallest absolute Gasteiger partial charge is 0.134 e.